The van der Waals surface area contributed by atoms with Gasteiger partial charge in [-0.2, -0.15) is 5.10 Å². The summed E-state index contributed by atoms with van der Waals surface area (Å²) >= 11 is 11.5. The number of thioether (sulfide) groups is 1. The largest absolute Gasteiger partial charge is 0.327 e. The molecule has 0 aliphatic heterocycles. The van der Waals surface area contributed by atoms with Crippen LogP contribution in [0.2, 0.25) is 5.02 Å². The molecule has 0 bridgehead atoms. The predicted octanol–water partition coefficient (Wildman–Crippen LogP) is 4.29. The number of aryl methyl sites for hydroxylation is 2. The Morgan fingerprint density at radius 1 is 1.43 bits per heavy atom. The summed E-state index contributed by atoms with van der Waals surface area (Å²) in [7, 11) is 0. The van der Waals surface area contributed by atoms with E-state index < -0.39 is 0 Å². The monoisotopic (exact) mass is 387 g/mol. The summed E-state index contributed by atoms with van der Waals surface area (Å²) in [6, 6.07) is 7.92. The van der Waals surface area contributed by atoms with Crippen molar-refractivity contribution in [2.75, 3.05) is 5.75 Å². The molecule has 1 aromatic carbocycles. The van der Waals surface area contributed by atoms with E-state index >= 15 is 0 Å². The van der Waals surface area contributed by atoms with Crippen LogP contribution in [0.25, 0.3) is 0 Å². The van der Waals surface area contributed by atoms with Gasteiger partial charge in [0.15, 0.2) is 0 Å². The van der Waals surface area contributed by atoms with Crippen molar-refractivity contribution in [3.05, 3.63) is 45.1 Å². The average Bonchev–Trinajstić information content (AvgIpc) is 2.74. The van der Waals surface area contributed by atoms with Crippen LogP contribution in [0.4, 0.5) is 0 Å². The van der Waals surface area contributed by atoms with Crippen molar-refractivity contribution >= 4 is 39.3 Å². The van der Waals surface area contributed by atoms with E-state index in [1.807, 2.05) is 35.9 Å². The highest BCUT2D eigenvalue weighted by molar-refractivity contribution is 9.10. The fraction of sp³-hybridized carbons (Fsp3) is 0.400. The Morgan fingerprint density at radius 3 is 2.81 bits per heavy atom. The number of hydrogen-bond acceptors (Lipinski definition) is 3. The van der Waals surface area contributed by atoms with E-state index in [0.717, 1.165) is 38.8 Å². The first-order chi connectivity index (χ1) is 10.0. The zero-order chi connectivity index (χ0) is 15.4. The number of nitrogens with zero attached hydrogens (tertiary/aromatic N) is 2. The number of aromatic nitrogens is 2. The average molecular weight is 389 g/mol. The minimum atomic E-state index is 0.0592. The second-order valence-electron chi connectivity index (χ2n) is 4.87. The van der Waals surface area contributed by atoms with Crippen molar-refractivity contribution in [3.8, 4) is 0 Å². The Balaban J connectivity index is 1.99. The predicted molar refractivity (Wildman–Crippen MR) is 94.2 cm³/mol. The van der Waals surface area contributed by atoms with Gasteiger partial charge >= 0.3 is 0 Å². The number of rotatable bonds is 6. The lowest BCUT2D eigenvalue weighted by Crippen LogP contribution is -2.27. The first-order valence-electron chi connectivity index (χ1n) is 6.87. The molecular weight excluding hydrogens is 370 g/mol. The molecule has 2 aromatic rings. The van der Waals surface area contributed by atoms with Crippen LogP contribution < -0.4 is 5.73 Å². The van der Waals surface area contributed by atoms with Crippen molar-refractivity contribution in [2.45, 2.75) is 37.8 Å². The third kappa shape index (κ3) is 4.25. The second kappa shape index (κ2) is 7.68. The van der Waals surface area contributed by atoms with Gasteiger partial charge in [-0.05, 0) is 41.9 Å². The second-order valence-corrected chi connectivity index (χ2v) is 7.13. The highest BCUT2D eigenvalue weighted by Crippen LogP contribution is 2.28. The van der Waals surface area contributed by atoms with Gasteiger partial charge in [-0.1, -0.05) is 23.7 Å². The molecule has 1 aromatic heterocycles. The van der Waals surface area contributed by atoms with Gasteiger partial charge in [-0.3, -0.25) is 4.68 Å². The lowest BCUT2D eigenvalue weighted by molar-refractivity contribution is 0.593. The lowest BCUT2D eigenvalue weighted by Gasteiger charge is -2.13. The van der Waals surface area contributed by atoms with Crippen molar-refractivity contribution in [3.63, 3.8) is 0 Å². The maximum absolute atomic E-state index is 6.28. The maximum Gasteiger partial charge on any atom is 0.0738 e. The molecule has 1 atom stereocenters. The van der Waals surface area contributed by atoms with Crippen LogP contribution in [0.15, 0.2) is 33.6 Å². The molecule has 2 rings (SSSR count). The molecule has 0 fully saturated rings. The fourth-order valence-electron chi connectivity index (χ4n) is 2.13. The normalized spacial score (nSPS) is 12.6. The Labute approximate surface area is 143 Å². The molecule has 0 amide bonds. The van der Waals surface area contributed by atoms with Gasteiger partial charge in [-0.15, -0.1) is 11.8 Å². The van der Waals surface area contributed by atoms with Gasteiger partial charge < -0.3 is 5.73 Å². The van der Waals surface area contributed by atoms with Gasteiger partial charge in [0.2, 0.25) is 0 Å². The van der Waals surface area contributed by atoms with Crippen molar-refractivity contribution in [2.24, 2.45) is 5.73 Å². The number of halogens is 2. The van der Waals surface area contributed by atoms with Crippen LogP contribution >= 0.6 is 39.3 Å². The Morgan fingerprint density at radius 2 is 2.14 bits per heavy atom. The molecule has 6 heteroatoms. The van der Waals surface area contributed by atoms with Gasteiger partial charge in [-0.25, -0.2) is 0 Å². The minimum Gasteiger partial charge on any atom is -0.327 e. The first kappa shape index (κ1) is 16.9. The van der Waals surface area contributed by atoms with E-state index in [1.54, 1.807) is 11.8 Å². The summed E-state index contributed by atoms with van der Waals surface area (Å²) < 4.78 is 3.09. The van der Waals surface area contributed by atoms with E-state index in [2.05, 4.69) is 28.0 Å². The molecule has 21 heavy (non-hydrogen) atoms. The topological polar surface area (TPSA) is 43.8 Å². The van der Waals surface area contributed by atoms with Gasteiger partial charge in [0.25, 0.3) is 0 Å². The van der Waals surface area contributed by atoms with Crippen molar-refractivity contribution in [1.82, 2.24) is 9.78 Å². The number of nitrogens with two attached hydrogens (primary N) is 1. The van der Waals surface area contributed by atoms with E-state index in [9.17, 15) is 0 Å². The molecule has 0 aliphatic rings. The van der Waals surface area contributed by atoms with Gasteiger partial charge in [0.05, 0.1) is 20.9 Å². The number of hydrogen-bond donors (Lipinski definition) is 1. The quantitative estimate of drug-likeness (QED) is 0.751. The van der Waals surface area contributed by atoms with Crippen LogP contribution in [-0.2, 0) is 13.0 Å². The summed E-state index contributed by atoms with van der Waals surface area (Å²) in [6.07, 6.45) is 0.798. The standard InChI is InChI=1S/C15H19BrClN3S/c1-3-20-13(15(16)10(2)19-20)8-11(18)9-21-14-7-5-4-6-12(14)17/h4-7,11H,3,8-9,18H2,1-2H3. The van der Waals surface area contributed by atoms with Crippen molar-refractivity contribution < 1.29 is 0 Å². The third-order valence-electron chi connectivity index (χ3n) is 3.20. The summed E-state index contributed by atoms with van der Waals surface area (Å²) in [4.78, 5) is 1.08. The zero-order valence-corrected chi connectivity index (χ0v) is 15.3. The Kier molecular flexibility index (Phi) is 6.17. The SMILES string of the molecule is CCn1nc(C)c(Br)c1CC(N)CSc1ccccc1Cl. The molecule has 0 aliphatic carbocycles. The molecule has 2 N–H and O–H groups in total. The lowest BCUT2D eigenvalue weighted by atomic mass is 10.2. The van der Waals surface area contributed by atoms with Crippen LogP contribution in [-0.4, -0.2) is 21.6 Å². The Bertz CT molecular complexity index is 615. The summed E-state index contributed by atoms with van der Waals surface area (Å²) in [6.45, 7) is 4.95. The van der Waals surface area contributed by atoms with Gasteiger partial charge in [0.1, 0.15) is 0 Å². The fourth-order valence-corrected chi connectivity index (χ4v) is 3.77. The summed E-state index contributed by atoms with van der Waals surface area (Å²) in [5, 5.41) is 5.28. The molecule has 0 saturated heterocycles. The third-order valence-corrected chi connectivity index (χ3v) is 5.93. The highest BCUT2D eigenvalue weighted by Gasteiger charge is 2.15. The summed E-state index contributed by atoms with van der Waals surface area (Å²) in [5.41, 5.74) is 8.46. The molecule has 0 saturated carbocycles. The van der Waals surface area contributed by atoms with Crippen LogP contribution in [0.5, 0.6) is 0 Å². The van der Waals surface area contributed by atoms with E-state index in [-0.39, 0.29) is 6.04 Å². The molecule has 1 unspecified atom stereocenters. The highest BCUT2D eigenvalue weighted by atomic mass is 79.9. The molecule has 0 spiro atoms. The number of benzene rings is 1. The van der Waals surface area contributed by atoms with E-state index in [4.69, 9.17) is 17.3 Å². The molecular formula is C15H19BrClN3S. The van der Waals surface area contributed by atoms with Gasteiger partial charge in [0, 0.05) is 29.7 Å². The van der Waals surface area contributed by atoms with E-state index in [0.29, 0.717) is 0 Å². The Hall–Kier alpha value is -0.490. The van der Waals surface area contributed by atoms with Crippen LogP contribution in [0.3, 0.4) is 0 Å². The van der Waals surface area contributed by atoms with Crippen LogP contribution in [0, 0.1) is 6.92 Å². The summed E-state index contributed by atoms with van der Waals surface area (Å²) in [5.74, 6) is 0.824. The smallest absolute Gasteiger partial charge is 0.0738 e. The minimum absolute atomic E-state index is 0.0592. The van der Waals surface area contributed by atoms with Crippen LogP contribution in [0.1, 0.15) is 18.3 Å². The molecule has 0 radical (unpaired) electrons. The zero-order valence-electron chi connectivity index (χ0n) is 12.1. The van der Waals surface area contributed by atoms with E-state index in [1.165, 1.54) is 5.69 Å². The maximum atomic E-state index is 6.28. The first-order valence-corrected chi connectivity index (χ1v) is 9.03. The molecule has 114 valence electrons. The molecule has 3 nitrogen and oxygen atoms in total. The molecule has 1 heterocycles. The van der Waals surface area contributed by atoms with Crippen molar-refractivity contribution in [1.29, 1.82) is 0 Å².